The fraction of sp³-hybridized carbons (Fsp3) is 0.375. The smallest absolute Gasteiger partial charge is 0.166 e. The van der Waals surface area contributed by atoms with Crippen LogP contribution in [0.3, 0.4) is 0 Å². The standard InChI is InChI=1S/C8H8Cl2FNO/c1-2-13-4-5-3-6(11)8(10)12-7(5)9/h3H,2,4H2,1H3. The van der Waals surface area contributed by atoms with Crippen LogP contribution in [0.1, 0.15) is 12.5 Å². The van der Waals surface area contributed by atoms with Gasteiger partial charge in [-0.2, -0.15) is 0 Å². The Balaban J connectivity index is 2.88. The molecule has 0 bridgehead atoms. The largest absolute Gasteiger partial charge is 0.377 e. The first-order chi connectivity index (χ1) is 6.15. The van der Waals surface area contributed by atoms with Gasteiger partial charge in [-0.25, -0.2) is 9.37 Å². The first kappa shape index (κ1) is 10.7. The molecule has 13 heavy (non-hydrogen) atoms. The first-order valence-corrected chi connectivity index (χ1v) is 4.49. The third kappa shape index (κ3) is 2.79. The quantitative estimate of drug-likeness (QED) is 0.736. The Morgan fingerprint density at radius 2 is 2.15 bits per heavy atom. The van der Waals surface area contributed by atoms with Crippen LogP contribution in [0.4, 0.5) is 4.39 Å². The van der Waals surface area contributed by atoms with Crippen molar-refractivity contribution in [3.05, 3.63) is 27.8 Å². The van der Waals surface area contributed by atoms with Crippen molar-refractivity contribution in [3.8, 4) is 0 Å². The van der Waals surface area contributed by atoms with E-state index in [2.05, 4.69) is 4.98 Å². The minimum absolute atomic E-state index is 0.180. The van der Waals surface area contributed by atoms with E-state index in [1.54, 1.807) is 0 Å². The zero-order valence-corrected chi connectivity index (χ0v) is 8.49. The summed E-state index contributed by atoms with van der Waals surface area (Å²) in [6.45, 7) is 2.63. The molecule has 2 nitrogen and oxygen atoms in total. The average molecular weight is 224 g/mol. The Hall–Kier alpha value is -0.380. The fourth-order valence-electron chi connectivity index (χ4n) is 0.797. The lowest BCUT2D eigenvalue weighted by molar-refractivity contribution is 0.133. The van der Waals surface area contributed by atoms with Gasteiger partial charge in [-0.05, 0) is 13.0 Å². The number of aromatic nitrogens is 1. The van der Waals surface area contributed by atoms with Crippen molar-refractivity contribution in [2.45, 2.75) is 13.5 Å². The van der Waals surface area contributed by atoms with Crippen LogP contribution in [-0.4, -0.2) is 11.6 Å². The Labute approximate surface area is 85.6 Å². The fourth-order valence-corrected chi connectivity index (χ4v) is 1.17. The third-order valence-electron chi connectivity index (χ3n) is 1.42. The van der Waals surface area contributed by atoms with Gasteiger partial charge in [-0.1, -0.05) is 23.2 Å². The molecule has 5 heteroatoms. The van der Waals surface area contributed by atoms with Crippen LogP contribution >= 0.6 is 23.2 Å². The van der Waals surface area contributed by atoms with E-state index in [9.17, 15) is 4.39 Å². The molecule has 0 atom stereocenters. The maximum atomic E-state index is 12.9. The lowest BCUT2D eigenvalue weighted by atomic mass is 10.3. The average Bonchev–Trinajstić information content (AvgIpc) is 2.09. The molecule has 0 N–H and O–H groups in total. The van der Waals surface area contributed by atoms with Crippen molar-refractivity contribution in [2.24, 2.45) is 0 Å². The zero-order valence-electron chi connectivity index (χ0n) is 6.98. The molecular weight excluding hydrogens is 216 g/mol. The number of halogens is 3. The second-order valence-electron chi connectivity index (χ2n) is 2.35. The van der Waals surface area contributed by atoms with E-state index in [4.69, 9.17) is 27.9 Å². The number of nitrogens with zero attached hydrogens (tertiary/aromatic N) is 1. The summed E-state index contributed by atoms with van der Waals surface area (Å²) in [6.07, 6.45) is 0. The van der Waals surface area contributed by atoms with Crippen LogP contribution in [-0.2, 0) is 11.3 Å². The molecule has 0 amide bonds. The molecule has 1 aromatic heterocycles. The predicted octanol–water partition coefficient (Wildman–Crippen LogP) is 3.06. The van der Waals surface area contributed by atoms with E-state index < -0.39 is 5.82 Å². The van der Waals surface area contributed by atoms with Crippen LogP contribution < -0.4 is 0 Å². The molecule has 0 unspecified atom stereocenters. The van der Waals surface area contributed by atoms with Gasteiger partial charge in [0.05, 0.1) is 6.61 Å². The molecule has 1 heterocycles. The Kier molecular flexibility index (Phi) is 3.90. The van der Waals surface area contributed by atoms with E-state index in [0.29, 0.717) is 12.2 Å². The van der Waals surface area contributed by atoms with Gasteiger partial charge in [-0.15, -0.1) is 0 Å². The summed E-state index contributed by atoms with van der Waals surface area (Å²) in [4.78, 5) is 3.60. The summed E-state index contributed by atoms with van der Waals surface area (Å²) in [5, 5.41) is -0.0369. The van der Waals surface area contributed by atoms with Crippen LogP contribution in [0.15, 0.2) is 6.07 Å². The highest BCUT2D eigenvalue weighted by Crippen LogP contribution is 2.20. The van der Waals surface area contributed by atoms with E-state index in [1.165, 1.54) is 6.07 Å². The van der Waals surface area contributed by atoms with Gasteiger partial charge < -0.3 is 4.74 Å². The van der Waals surface area contributed by atoms with Crippen molar-refractivity contribution in [2.75, 3.05) is 6.61 Å². The second-order valence-corrected chi connectivity index (χ2v) is 3.06. The van der Waals surface area contributed by atoms with Gasteiger partial charge in [0.2, 0.25) is 0 Å². The van der Waals surface area contributed by atoms with Gasteiger partial charge in [0.15, 0.2) is 11.0 Å². The highest BCUT2D eigenvalue weighted by atomic mass is 35.5. The predicted molar refractivity (Wildman–Crippen MR) is 49.5 cm³/mol. The van der Waals surface area contributed by atoms with Crippen molar-refractivity contribution < 1.29 is 9.13 Å². The molecule has 0 spiro atoms. The summed E-state index contributed by atoms with van der Waals surface area (Å²) >= 11 is 11.1. The summed E-state index contributed by atoms with van der Waals surface area (Å²) in [5.74, 6) is -0.583. The zero-order chi connectivity index (χ0) is 9.84. The molecule has 1 aromatic rings. The number of hydrogen-bond acceptors (Lipinski definition) is 2. The Morgan fingerprint density at radius 3 is 2.77 bits per heavy atom. The van der Waals surface area contributed by atoms with Crippen LogP contribution in [0.5, 0.6) is 0 Å². The number of hydrogen-bond donors (Lipinski definition) is 0. The summed E-state index contributed by atoms with van der Waals surface area (Å²) in [7, 11) is 0. The maximum absolute atomic E-state index is 12.9. The van der Waals surface area contributed by atoms with E-state index >= 15 is 0 Å². The lowest BCUT2D eigenvalue weighted by Crippen LogP contribution is -1.96. The topological polar surface area (TPSA) is 22.1 Å². The van der Waals surface area contributed by atoms with Gasteiger partial charge in [0, 0.05) is 12.2 Å². The van der Waals surface area contributed by atoms with Crippen molar-refractivity contribution in [3.63, 3.8) is 0 Å². The van der Waals surface area contributed by atoms with Gasteiger partial charge in [0.1, 0.15) is 5.15 Å². The molecule has 72 valence electrons. The third-order valence-corrected chi connectivity index (χ3v) is 2.01. The van der Waals surface area contributed by atoms with Crippen LogP contribution in [0, 0.1) is 5.82 Å². The maximum Gasteiger partial charge on any atom is 0.166 e. The lowest BCUT2D eigenvalue weighted by Gasteiger charge is -2.04. The number of pyridine rings is 1. The normalized spacial score (nSPS) is 10.5. The summed E-state index contributed by atoms with van der Waals surface area (Å²) in [6, 6.07) is 1.23. The number of ether oxygens (including phenoxy) is 1. The van der Waals surface area contributed by atoms with Gasteiger partial charge >= 0.3 is 0 Å². The molecule has 0 radical (unpaired) electrons. The molecule has 0 saturated carbocycles. The number of rotatable bonds is 3. The Bertz CT molecular complexity index is 306. The molecule has 0 fully saturated rings. The highest BCUT2D eigenvalue weighted by Gasteiger charge is 2.08. The summed E-state index contributed by atoms with van der Waals surface area (Å²) < 4.78 is 17.9. The van der Waals surface area contributed by atoms with Crippen LogP contribution in [0.25, 0.3) is 0 Å². The van der Waals surface area contributed by atoms with E-state index in [0.717, 1.165) is 0 Å². The van der Waals surface area contributed by atoms with Gasteiger partial charge in [-0.3, -0.25) is 0 Å². The first-order valence-electron chi connectivity index (χ1n) is 3.73. The molecule has 1 rings (SSSR count). The molecule has 0 aliphatic rings. The monoisotopic (exact) mass is 223 g/mol. The highest BCUT2D eigenvalue weighted by molar-refractivity contribution is 6.32. The van der Waals surface area contributed by atoms with E-state index in [-0.39, 0.29) is 16.9 Å². The molecular formula is C8H8Cl2FNO. The van der Waals surface area contributed by atoms with E-state index in [1.807, 2.05) is 6.92 Å². The van der Waals surface area contributed by atoms with Crippen LogP contribution in [0.2, 0.25) is 10.3 Å². The molecule has 0 aliphatic carbocycles. The molecule has 0 aliphatic heterocycles. The van der Waals surface area contributed by atoms with Gasteiger partial charge in [0.25, 0.3) is 0 Å². The minimum Gasteiger partial charge on any atom is -0.377 e. The van der Waals surface area contributed by atoms with Crippen molar-refractivity contribution in [1.82, 2.24) is 4.98 Å². The minimum atomic E-state index is -0.583. The summed E-state index contributed by atoms with van der Waals surface area (Å²) in [5.41, 5.74) is 0.505. The second kappa shape index (κ2) is 4.74. The molecule has 0 aromatic carbocycles. The van der Waals surface area contributed by atoms with Crippen molar-refractivity contribution in [1.29, 1.82) is 0 Å². The SMILES string of the molecule is CCOCc1cc(F)c(Cl)nc1Cl. The molecule has 0 saturated heterocycles. The van der Waals surface area contributed by atoms with Crippen molar-refractivity contribution >= 4 is 23.2 Å². The Morgan fingerprint density at radius 1 is 1.46 bits per heavy atom.